The van der Waals surface area contributed by atoms with Crippen LogP contribution in [0.25, 0.3) is 10.8 Å². The Kier molecular flexibility index (Phi) is 3.46. The zero-order chi connectivity index (χ0) is 16.7. The fourth-order valence-electron chi connectivity index (χ4n) is 3.21. The van der Waals surface area contributed by atoms with Gasteiger partial charge in [0, 0.05) is 17.1 Å². The number of anilines is 2. The van der Waals surface area contributed by atoms with Crippen LogP contribution in [0.5, 0.6) is 0 Å². The summed E-state index contributed by atoms with van der Waals surface area (Å²) >= 11 is 0. The standard InChI is InChI=1S/C19H18N2O2S/c1-13-11-15-12-16(9-10-18(15)20-13)24(22,23)21-19-8-4-6-14-5-2-3-7-17(14)19/h2-10,12-13,20-21H,11H2,1H3/t13-/m0/s1. The lowest BCUT2D eigenvalue weighted by Gasteiger charge is -2.11. The molecule has 1 aliphatic heterocycles. The third kappa shape index (κ3) is 2.61. The van der Waals surface area contributed by atoms with Crippen LogP contribution < -0.4 is 10.0 Å². The van der Waals surface area contributed by atoms with Crippen molar-refractivity contribution in [3.63, 3.8) is 0 Å². The molecular formula is C19H18N2O2S. The first-order valence-corrected chi connectivity index (χ1v) is 9.41. The molecule has 0 amide bonds. The zero-order valence-corrected chi connectivity index (χ0v) is 14.1. The number of fused-ring (bicyclic) bond motifs is 2. The van der Waals surface area contributed by atoms with Crippen LogP contribution in [0.2, 0.25) is 0 Å². The number of sulfonamides is 1. The summed E-state index contributed by atoms with van der Waals surface area (Å²) < 4.78 is 28.3. The van der Waals surface area contributed by atoms with Crippen molar-refractivity contribution >= 4 is 32.2 Å². The maximum absolute atomic E-state index is 12.8. The van der Waals surface area contributed by atoms with E-state index >= 15 is 0 Å². The Bertz CT molecular complexity index is 1020. The third-order valence-electron chi connectivity index (χ3n) is 4.35. The molecule has 0 fully saturated rings. The van der Waals surface area contributed by atoms with Gasteiger partial charge >= 0.3 is 0 Å². The number of hydrogen-bond acceptors (Lipinski definition) is 3. The minimum atomic E-state index is -3.62. The lowest BCUT2D eigenvalue weighted by Crippen LogP contribution is -2.13. The van der Waals surface area contributed by atoms with Crippen molar-refractivity contribution in [2.75, 3.05) is 10.0 Å². The first kappa shape index (κ1) is 15.0. The second kappa shape index (κ2) is 5.53. The summed E-state index contributed by atoms with van der Waals surface area (Å²) in [7, 11) is -3.62. The summed E-state index contributed by atoms with van der Waals surface area (Å²) in [5.74, 6) is 0. The molecule has 0 unspecified atom stereocenters. The van der Waals surface area contributed by atoms with E-state index in [1.165, 1.54) is 0 Å². The highest BCUT2D eigenvalue weighted by atomic mass is 32.2. The van der Waals surface area contributed by atoms with Crippen molar-refractivity contribution in [3.8, 4) is 0 Å². The Hall–Kier alpha value is -2.53. The summed E-state index contributed by atoms with van der Waals surface area (Å²) in [6.45, 7) is 2.09. The van der Waals surface area contributed by atoms with Gasteiger partial charge in [0.05, 0.1) is 10.6 Å². The van der Waals surface area contributed by atoms with Crippen LogP contribution >= 0.6 is 0 Å². The van der Waals surface area contributed by atoms with E-state index in [1.807, 2.05) is 42.5 Å². The molecule has 1 atom stereocenters. The van der Waals surface area contributed by atoms with Gasteiger partial charge in [-0.15, -0.1) is 0 Å². The second-order valence-electron chi connectivity index (χ2n) is 6.20. The Morgan fingerprint density at radius 3 is 2.71 bits per heavy atom. The highest BCUT2D eigenvalue weighted by Gasteiger charge is 2.21. The molecule has 0 saturated carbocycles. The van der Waals surface area contributed by atoms with Crippen LogP contribution in [-0.2, 0) is 16.4 Å². The van der Waals surface area contributed by atoms with Gasteiger partial charge in [-0.1, -0.05) is 36.4 Å². The zero-order valence-electron chi connectivity index (χ0n) is 13.3. The number of rotatable bonds is 3. The van der Waals surface area contributed by atoms with Crippen LogP contribution in [-0.4, -0.2) is 14.5 Å². The van der Waals surface area contributed by atoms with Gasteiger partial charge in [-0.2, -0.15) is 0 Å². The van der Waals surface area contributed by atoms with Gasteiger partial charge in [0.2, 0.25) is 0 Å². The smallest absolute Gasteiger partial charge is 0.261 e. The average Bonchev–Trinajstić information content (AvgIpc) is 2.94. The summed E-state index contributed by atoms with van der Waals surface area (Å²) in [5.41, 5.74) is 2.66. The van der Waals surface area contributed by atoms with Gasteiger partial charge in [-0.25, -0.2) is 8.42 Å². The molecule has 2 N–H and O–H groups in total. The lowest BCUT2D eigenvalue weighted by atomic mass is 10.1. The molecule has 0 radical (unpaired) electrons. The molecule has 4 rings (SSSR count). The van der Waals surface area contributed by atoms with E-state index in [2.05, 4.69) is 17.0 Å². The van der Waals surface area contributed by atoms with E-state index in [0.717, 1.165) is 28.4 Å². The summed E-state index contributed by atoms with van der Waals surface area (Å²) in [4.78, 5) is 0.296. The molecule has 0 spiro atoms. The Balaban J connectivity index is 1.72. The van der Waals surface area contributed by atoms with Crippen LogP contribution in [0.3, 0.4) is 0 Å². The van der Waals surface area contributed by atoms with Crippen molar-refractivity contribution in [2.24, 2.45) is 0 Å². The number of nitrogens with one attached hydrogen (secondary N) is 2. The Morgan fingerprint density at radius 2 is 1.83 bits per heavy atom. The molecule has 24 heavy (non-hydrogen) atoms. The van der Waals surface area contributed by atoms with Crippen LogP contribution in [0, 0.1) is 0 Å². The molecule has 122 valence electrons. The van der Waals surface area contributed by atoms with Crippen LogP contribution in [0.15, 0.2) is 65.6 Å². The van der Waals surface area contributed by atoms with E-state index in [-0.39, 0.29) is 0 Å². The molecule has 3 aromatic carbocycles. The van der Waals surface area contributed by atoms with Crippen molar-refractivity contribution in [1.29, 1.82) is 0 Å². The quantitative estimate of drug-likeness (QED) is 0.759. The molecule has 0 bridgehead atoms. The summed E-state index contributed by atoms with van der Waals surface area (Å²) in [6, 6.07) is 18.9. The first-order chi connectivity index (χ1) is 11.5. The highest BCUT2D eigenvalue weighted by Crippen LogP contribution is 2.30. The third-order valence-corrected chi connectivity index (χ3v) is 5.71. The van der Waals surface area contributed by atoms with E-state index < -0.39 is 10.0 Å². The van der Waals surface area contributed by atoms with Gasteiger partial charge in [0.1, 0.15) is 0 Å². The van der Waals surface area contributed by atoms with Gasteiger partial charge < -0.3 is 5.32 Å². The van der Waals surface area contributed by atoms with Crippen molar-refractivity contribution in [2.45, 2.75) is 24.3 Å². The minimum absolute atomic E-state index is 0.296. The molecule has 4 nitrogen and oxygen atoms in total. The predicted molar refractivity (Wildman–Crippen MR) is 98.0 cm³/mol. The SMILES string of the molecule is C[C@H]1Cc2cc(S(=O)(=O)Nc3cccc4ccccc34)ccc2N1. The molecule has 1 aliphatic rings. The van der Waals surface area contributed by atoms with E-state index in [0.29, 0.717) is 16.6 Å². The molecule has 0 saturated heterocycles. The lowest BCUT2D eigenvalue weighted by molar-refractivity contribution is 0.601. The molecule has 0 aliphatic carbocycles. The highest BCUT2D eigenvalue weighted by molar-refractivity contribution is 7.92. The monoisotopic (exact) mass is 338 g/mol. The van der Waals surface area contributed by atoms with Crippen molar-refractivity contribution in [1.82, 2.24) is 0 Å². The number of hydrogen-bond donors (Lipinski definition) is 2. The van der Waals surface area contributed by atoms with Crippen LogP contribution in [0.4, 0.5) is 11.4 Å². The average molecular weight is 338 g/mol. The predicted octanol–water partition coefficient (Wildman–Crippen LogP) is 4.00. The van der Waals surface area contributed by atoms with Gasteiger partial charge in [0.25, 0.3) is 10.0 Å². The normalized spacial score (nSPS) is 16.6. The largest absolute Gasteiger partial charge is 0.382 e. The van der Waals surface area contributed by atoms with Crippen LogP contribution in [0.1, 0.15) is 12.5 Å². The van der Waals surface area contributed by atoms with Gasteiger partial charge in [-0.3, -0.25) is 4.72 Å². The topological polar surface area (TPSA) is 58.2 Å². The van der Waals surface area contributed by atoms with Gasteiger partial charge in [0.15, 0.2) is 0 Å². The molecule has 5 heteroatoms. The fourth-order valence-corrected chi connectivity index (χ4v) is 4.34. The summed E-state index contributed by atoms with van der Waals surface area (Å²) in [6.07, 6.45) is 0.840. The number of benzene rings is 3. The van der Waals surface area contributed by atoms with E-state index in [9.17, 15) is 8.42 Å². The van der Waals surface area contributed by atoms with Gasteiger partial charge in [-0.05, 0) is 48.6 Å². The molecule has 0 aromatic heterocycles. The first-order valence-electron chi connectivity index (χ1n) is 7.93. The summed E-state index contributed by atoms with van der Waals surface area (Å²) in [5, 5.41) is 5.23. The maximum Gasteiger partial charge on any atom is 0.261 e. The fraction of sp³-hybridized carbons (Fsp3) is 0.158. The molecular weight excluding hydrogens is 320 g/mol. The minimum Gasteiger partial charge on any atom is -0.382 e. The maximum atomic E-state index is 12.8. The molecule has 3 aromatic rings. The van der Waals surface area contributed by atoms with E-state index in [1.54, 1.807) is 18.2 Å². The van der Waals surface area contributed by atoms with Crippen molar-refractivity contribution in [3.05, 3.63) is 66.2 Å². The Morgan fingerprint density at radius 1 is 1.04 bits per heavy atom. The Labute approximate surface area is 141 Å². The second-order valence-corrected chi connectivity index (χ2v) is 7.88. The van der Waals surface area contributed by atoms with Crippen molar-refractivity contribution < 1.29 is 8.42 Å². The molecule has 1 heterocycles. The van der Waals surface area contributed by atoms with E-state index in [4.69, 9.17) is 0 Å².